The summed E-state index contributed by atoms with van der Waals surface area (Å²) in [5.74, 6) is -0.299. The molecule has 0 atom stereocenters. The molecule has 0 saturated carbocycles. The number of rotatable bonds is 5. The van der Waals surface area contributed by atoms with E-state index in [2.05, 4.69) is 35.6 Å². The predicted molar refractivity (Wildman–Crippen MR) is 122 cm³/mol. The van der Waals surface area contributed by atoms with E-state index >= 15 is 0 Å². The van der Waals surface area contributed by atoms with Gasteiger partial charge in [0.15, 0.2) is 10.8 Å². The minimum absolute atomic E-state index is 0.261. The van der Waals surface area contributed by atoms with Crippen molar-refractivity contribution in [2.45, 2.75) is 12.8 Å². The molecule has 3 aromatic heterocycles. The van der Waals surface area contributed by atoms with Crippen LogP contribution in [0.4, 0.5) is 9.52 Å². The standard InChI is InChI=1S/C22H20FN7O2S/c23-19-15(9-25-28-19)13-1-2-14(17(7-13)32-12-31)16-8-18-20(29-27-16)26-21(33-18)30-10-22(11-30)3-5-24-6-4-22/h1-2,7-9,12,24H,3-6,10-11H2,(H,25,28). The highest BCUT2D eigenvalue weighted by atomic mass is 32.1. The largest absolute Gasteiger partial charge is 0.428 e. The van der Waals surface area contributed by atoms with Crippen molar-refractivity contribution in [3.05, 3.63) is 36.4 Å². The van der Waals surface area contributed by atoms with Crippen molar-refractivity contribution in [1.82, 2.24) is 30.7 Å². The maximum Gasteiger partial charge on any atom is 0.298 e. The minimum atomic E-state index is -0.560. The third-order valence-electron chi connectivity index (χ3n) is 6.47. The van der Waals surface area contributed by atoms with E-state index in [-0.39, 0.29) is 11.3 Å². The molecule has 2 aliphatic heterocycles. The van der Waals surface area contributed by atoms with Crippen molar-refractivity contribution in [3.63, 3.8) is 0 Å². The second-order valence-electron chi connectivity index (χ2n) is 8.54. The highest BCUT2D eigenvalue weighted by molar-refractivity contribution is 7.22. The fourth-order valence-electron chi connectivity index (χ4n) is 4.69. The van der Waals surface area contributed by atoms with Gasteiger partial charge in [-0.25, -0.2) is 0 Å². The molecule has 1 aromatic carbocycles. The van der Waals surface area contributed by atoms with Gasteiger partial charge in [0.2, 0.25) is 5.95 Å². The Kier molecular flexibility index (Phi) is 4.80. The summed E-state index contributed by atoms with van der Waals surface area (Å²) in [6, 6.07) is 6.94. The molecule has 6 rings (SSSR count). The number of hydrogen-bond acceptors (Lipinski definition) is 9. The molecule has 0 bridgehead atoms. The quantitative estimate of drug-likeness (QED) is 0.433. The fraction of sp³-hybridized carbons (Fsp3) is 0.318. The number of anilines is 1. The van der Waals surface area contributed by atoms with Crippen molar-refractivity contribution in [2.75, 3.05) is 31.1 Å². The van der Waals surface area contributed by atoms with Crippen LogP contribution in [-0.2, 0) is 4.79 Å². The summed E-state index contributed by atoms with van der Waals surface area (Å²) < 4.78 is 20.0. The number of thiazole rings is 1. The lowest BCUT2D eigenvalue weighted by Gasteiger charge is -2.52. The summed E-state index contributed by atoms with van der Waals surface area (Å²) in [7, 11) is 0. The van der Waals surface area contributed by atoms with Gasteiger partial charge in [0.05, 0.1) is 22.2 Å². The summed E-state index contributed by atoms with van der Waals surface area (Å²) in [5.41, 5.74) is 2.95. The van der Waals surface area contributed by atoms with Crippen LogP contribution in [0.5, 0.6) is 5.75 Å². The van der Waals surface area contributed by atoms with Gasteiger partial charge in [0.1, 0.15) is 5.75 Å². The lowest BCUT2D eigenvalue weighted by Crippen LogP contribution is -2.60. The molecule has 0 unspecified atom stereocenters. The number of carbonyl (C=O) groups excluding carboxylic acids is 1. The molecule has 0 aliphatic carbocycles. The molecule has 5 heterocycles. The van der Waals surface area contributed by atoms with Gasteiger partial charge in [-0.3, -0.25) is 9.89 Å². The maximum atomic E-state index is 13.9. The predicted octanol–water partition coefficient (Wildman–Crippen LogP) is 3.01. The van der Waals surface area contributed by atoms with Gasteiger partial charge >= 0.3 is 0 Å². The van der Waals surface area contributed by atoms with Crippen LogP contribution < -0.4 is 15.0 Å². The number of H-pyrrole nitrogens is 1. The Morgan fingerprint density at radius 3 is 2.76 bits per heavy atom. The normalized spacial score (nSPS) is 17.3. The second-order valence-corrected chi connectivity index (χ2v) is 9.55. The number of nitrogens with zero attached hydrogens (tertiary/aromatic N) is 5. The number of carbonyl (C=O) groups is 1. The van der Waals surface area contributed by atoms with E-state index in [0.717, 1.165) is 36.0 Å². The Morgan fingerprint density at radius 2 is 2.00 bits per heavy atom. The second kappa shape index (κ2) is 7.85. The summed E-state index contributed by atoms with van der Waals surface area (Å²) >= 11 is 1.58. The SMILES string of the molecule is O=COc1cc(-c2cn[nH]c2F)ccc1-c1cc2sc(N3CC4(CCNCC4)C3)nc2nn1. The van der Waals surface area contributed by atoms with E-state index in [0.29, 0.717) is 34.4 Å². The monoisotopic (exact) mass is 465 g/mol. The van der Waals surface area contributed by atoms with E-state index in [9.17, 15) is 9.18 Å². The summed E-state index contributed by atoms with van der Waals surface area (Å²) in [5, 5.41) is 19.0. The average molecular weight is 466 g/mol. The fourth-order valence-corrected chi connectivity index (χ4v) is 5.63. The van der Waals surface area contributed by atoms with Crippen molar-refractivity contribution in [3.8, 4) is 28.1 Å². The maximum absolute atomic E-state index is 13.9. The Bertz CT molecular complexity index is 1340. The van der Waals surface area contributed by atoms with Crippen LogP contribution in [-0.4, -0.2) is 58.0 Å². The van der Waals surface area contributed by atoms with Crippen LogP contribution in [0.15, 0.2) is 30.5 Å². The Balaban J connectivity index is 1.30. The number of aromatic amines is 1. The molecule has 2 fully saturated rings. The molecule has 0 radical (unpaired) electrons. The van der Waals surface area contributed by atoms with Crippen molar-refractivity contribution in [2.24, 2.45) is 5.41 Å². The van der Waals surface area contributed by atoms with E-state index in [1.807, 2.05) is 6.07 Å². The van der Waals surface area contributed by atoms with E-state index < -0.39 is 5.95 Å². The first-order valence-electron chi connectivity index (χ1n) is 10.7. The van der Waals surface area contributed by atoms with Crippen LogP contribution in [0.25, 0.3) is 32.7 Å². The number of aromatic nitrogens is 5. The number of hydrogen-bond donors (Lipinski definition) is 2. The third-order valence-corrected chi connectivity index (χ3v) is 7.52. The first-order chi connectivity index (χ1) is 16.1. The Labute approximate surface area is 192 Å². The molecule has 168 valence electrons. The highest BCUT2D eigenvalue weighted by Gasteiger charge is 2.44. The number of halogens is 1. The van der Waals surface area contributed by atoms with Crippen LogP contribution in [0.2, 0.25) is 0 Å². The number of piperidine rings is 1. The number of benzene rings is 1. The Morgan fingerprint density at radius 1 is 1.15 bits per heavy atom. The first-order valence-corrected chi connectivity index (χ1v) is 11.5. The molecule has 2 aliphatic rings. The van der Waals surface area contributed by atoms with Crippen LogP contribution in [0.3, 0.4) is 0 Å². The van der Waals surface area contributed by atoms with Crippen LogP contribution >= 0.6 is 11.3 Å². The van der Waals surface area contributed by atoms with E-state index in [1.54, 1.807) is 29.5 Å². The molecule has 33 heavy (non-hydrogen) atoms. The van der Waals surface area contributed by atoms with Gasteiger partial charge in [-0.2, -0.15) is 14.5 Å². The summed E-state index contributed by atoms with van der Waals surface area (Å²) in [4.78, 5) is 18.1. The third kappa shape index (κ3) is 3.53. The van der Waals surface area contributed by atoms with Crippen LogP contribution in [0.1, 0.15) is 12.8 Å². The number of fused-ring (bicyclic) bond motifs is 1. The van der Waals surface area contributed by atoms with Crippen LogP contribution in [0, 0.1) is 11.4 Å². The van der Waals surface area contributed by atoms with Gasteiger partial charge in [0.25, 0.3) is 6.47 Å². The number of nitrogens with one attached hydrogen (secondary N) is 2. The molecular weight excluding hydrogens is 445 g/mol. The Hall–Kier alpha value is -3.44. The van der Waals surface area contributed by atoms with Crippen molar-refractivity contribution in [1.29, 1.82) is 0 Å². The molecule has 11 heteroatoms. The average Bonchev–Trinajstić information content (AvgIpc) is 3.43. The molecular formula is C22H20FN7O2S. The zero-order chi connectivity index (χ0) is 22.4. The van der Waals surface area contributed by atoms with Gasteiger partial charge in [0, 0.05) is 24.1 Å². The molecule has 2 N–H and O–H groups in total. The zero-order valence-electron chi connectivity index (χ0n) is 17.5. The van der Waals surface area contributed by atoms with E-state index in [1.165, 1.54) is 19.0 Å². The summed E-state index contributed by atoms with van der Waals surface area (Å²) in [6.45, 7) is 4.56. The lowest BCUT2D eigenvalue weighted by molar-refractivity contribution is -0.120. The molecule has 2 saturated heterocycles. The topological polar surface area (TPSA) is 109 Å². The van der Waals surface area contributed by atoms with Crippen molar-refractivity contribution < 1.29 is 13.9 Å². The van der Waals surface area contributed by atoms with Gasteiger partial charge in [-0.15, -0.1) is 10.2 Å². The minimum Gasteiger partial charge on any atom is -0.428 e. The number of ether oxygens (including phenoxy) is 1. The molecule has 9 nitrogen and oxygen atoms in total. The van der Waals surface area contributed by atoms with Gasteiger partial charge in [-0.05, 0) is 49.7 Å². The lowest BCUT2D eigenvalue weighted by atomic mass is 9.73. The molecule has 4 aromatic rings. The van der Waals surface area contributed by atoms with E-state index in [4.69, 9.17) is 4.74 Å². The van der Waals surface area contributed by atoms with Crippen molar-refractivity contribution >= 4 is 33.3 Å². The summed E-state index contributed by atoms with van der Waals surface area (Å²) in [6.07, 6.45) is 3.79. The first kappa shape index (κ1) is 20.2. The highest BCUT2D eigenvalue weighted by Crippen LogP contribution is 2.43. The smallest absolute Gasteiger partial charge is 0.298 e. The van der Waals surface area contributed by atoms with Gasteiger partial charge in [-0.1, -0.05) is 17.4 Å². The van der Waals surface area contributed by atoms with Gasteiger partial charge < -0.3 is 15.0 Å². The molecule has 1 spiro atoms. The molecule has 0 amide bonds. The zero-order valence-corrected chi connectivity index (χ0v) is 18.4.